The Kier molecular flexibility index (Phi) is 14.1. The van der Waals surface area contributed by atoms with Gasteiger partial charge in [-0.05, 0) is 38.3 Å². The van der Waals surface area contributed by atoms with Gasteiger partial charge in [0.15, 0.2) is 5.78 Å². The number of Topliss-reactive ketones (excluding diaryl/α,β-unsaturated/α-hetero) is 1. The van der Waals surface area contributed by atoms with Gasteiger partial charge >= 0.3 is 5.97 Å². The first-order valence-corrected chi connectivity index (χ1v) is 9.96. The Balaban J connectivity index is 0.000000690. The minimum Gasteiger partial charge on any atom is -0.481 e. The molecule has 0 radical (unpaired) electrons. The number of allylic oxidation sites excluding steroid dienone is 1. The van der Waals surface area contributed by atoms with Crippen molar-refractivity contribution < 1.29 is 19.5 Å². The normalized spacial score (nSPS) is 10.6. The molecule has 0 bridgehead atoms. The van der Waals surface area contributed by atoms with Crippen molar-refractivity contribution in [2.24, 2.45) is 11.8 Å². The van der Waals surface area contributed by atoms with Gasteiger partial charge in [-0.25, -0.2) is 0 Å². The molecule has 0 saturated heterocycles. The summed E-state index contributed by atoms with van der Waals surface area (Å²) in [4.78, 5) is 37.2. The van der Waals surface area contributed by atoms with E-state index in [-0.39, 0.29) is 30.6 Å². The van der Waals surface area contributed by atoms with E-state index in [1.807, 2.05) is 39.0 Å². The van der Waals surface area contributed by atoms with Gasteiger partial charge < -0.3 is 15.4 Å². The van der Waals surface area contributed by atoms with E-state index >= 15 is 0 Å². The van der Waals surface area contributed by atoms with Crippen molar-refractivity contribution >= 4 is 17.7 Å². The smallest absolute Gasteiger partial charge is 0.304 e. The van der Waals surface area contributed by atoms with Gasteiger partial charge in [0.2, 0.25) is 5.91 Å². The van der Waals surface area contributed by atoms with E-state index in [1.54, 1.807) is 24.4 Å². The fourth-order valence-electron chi connectivity index (χ4n) is 2.51. The molecule has 1 heterocycles. The summed E-state index contributed by atoms with van der Waals surface area (Å²) < 4.78 is 0. The molecule has 2 rings (SSSR count). The van der Waals surface area contributed by atoms with Crippen molar-refractivity contribution in [1.82, 2.24) is 10.3 Å². The van der Waals surface area contributed by atoms with Crippen LogP contribution in [0.3, 0.4) is 0 Å². The molecule has 6 heteroatoms. The Morgan fingerprint density at radius 2 is 1.73 bits per heavy atom. The third-order valence-electron chi connectivity index (χ3n) is 3.81. The zero-order valence-electron chi connectivity index (χ0n) is 18.4. The summed E-state index contributed by atoms with van der Waals surface area (Å²) in [5, 5.41) is 11.3. The van der Waals surface area contributed by atoms with Crippen molar-refractivity contribution in [3.05, 3.63) is 72.6 Å². The summed E-state index contributed by atoms with van der Waals surface area (Å²) in [7, 11) is 0. The van der Waals surface area contributed by atoms with Crippen LogP contribution in [0.2, 0.25) is 0 Å². The number of aliphatic carboxylic acids is 1. The molecule has 1 amide bonds. The number of hydrogen-bond donors (Lipinski definition) is 3. The molecular formula is C24H34N2O4. The number of aromatic nitrogens is 1. The Labute approximate surface area is 179 Å². The molecule has 2 aromatic rings. The minimum atomic E-state index is -1.01. The van der Waals surface area contributed by atoms with Crippen LogP contribution in [0.25, 0.3) is 0 Å². The Hall–Kier alpha value is -3.15. The van der Waals surface area contributed by atoms with Crippen LogP contribution in [-0.4, -0.2) is 34.3 Å². The SMILES string of the molecule is C=CC.CC(C)C[C@H](CC(=O)O)C(=O)NCC(=O)c1ccc[nH]1.Cc1ccccc1. The van der Waals surface area contributed by atoms with E-state index in [4.69, 9.17) is 5.11 Å². The third-order valence-corrected chi connectivity index (χ3v) is 3.81. The number of benzene rings is 1. The van der Waals surface area contributed by atoms with E-state index in [0.29, 0.717) is 12.1 Å². The highest BCUT2D eigenvalue weighted by Crippen LogP contribution is 2.15. The maximum Gasteiger partial charge on any atom is 0.304 e. The lowest BCUT2D eigenvalue weighted by Gasteiger charge is -2.16. The second-order valence-corrected chi connectivity index (χ2v) is 7.21. The molecule has 0 spiro atoms. The first kappa shape index (κ1) is 26.9. The van der Waals surface area contributed by atoms with Gasteiger partial charge in [-0.1, -0.05) is 55.8 Å². The highest BCUT2D eigenvalue weighted by atomic mass is 16.4. The number of carbonyl (C=O) groups excluding carboxylic acids is 2. The van der Waals surface area contributed by atoms with Crippen molar-refractivity contribution in [3.8, 4) is 0 Å². The minimum absolute atomic E-state index is 0.131. The van der Waals surface area contributed by atoms with E-state index in [2.05, 4.69) is 35.9 Å². The van der Waals surface area contributed by atoms with Crippen LogP contribution in [0.4, 0.5) is 0 Å². The van der Waals surface area contributed by atoms with Crippen LogP contribution >= 0.6 is 0 Å². The molecule has 1 atom stereocenters. The molecule has 164 valence electrons. The first-order chi connectivity index (χ1) is 14.2. The average molecular weight is 415 g/mol. The van der Waals surface area contributed by atoms with Gasteiger partial charge in [-0.15, -0.1) is 6.58 Å². The molecule has 0 aliphatic carbocycles. The van der Waals surface area contributed by atoms with Gasteiger partial charge in [-0.2, -0.15) is 0 Å². The molecule has 6 nitrogen and oxygen atoms in total. The van der Waals surface area contributed by atoms with E-state index in [0.717, 1.165) is 0 Å². The van der Waals surface area contributed by atoms with Gasteiger partial charge in [0, 0.05) is 12.1 Å². The number of amides is 1. The number of aryl methyl sites for hydroxylation is 1. The first-order valence-electron chi connectivity index (χ1n) is 9.96. The average Bonchev–Trinajstić information content (AvgIpc) is 3.21. The van der Waals surface area contributed by atoms with E-state index in [1.165, 1.54) is 5.56 Å². The fraction of sp³-hybridized carbons (Fsp3) is 0.375. The zero-order chi connectivity index (χ0) is 22.9. The molecule has 1 aromatic carbocycles. The number of ketones is 1. The summed E-state index contributed by atoms with van der Waals surface area (Å²) in [6, 6.07) is 13.6. The molecule has 0 saturated carbocycles. The summed E-state index contributed by atoms with van der Waals surface area (Å²) >= 11 is 0. The highest BCUT2D eigenvalue weighted by molar-refractivity contribution is 5.98. The second-order valence-electron chi connectivity index (χ2n) is 7.21. The summed E-state index contributed by atoms with van der Waals surface area (Å²) in [5.41, 5.74) is 1.74. The maximum absolute atomic E-state index is 12.0. The lowest BCUT2D eigenvalue weighted by atomic mass is 9.93. The zero-order valence-corrected chi connectivity index (χ0v) is 18.4. The van der Waals surface area contributed by atoms with Gasteiger partial charge in [0.25, 0.3) is 0 Å². The van der Waals surface area contributed by atoms with E-state index in [9.17, 15) is 14.4 Å². The molecule has 0 aliphatic heterocycles. The monoisotopic (exact) mass is 414 g/mol. The molecule has 3 N–H and O–H groups in total. The lowest BCUT2D eigenvalue weighted by molar-refractivity contribution is -0.141. The van der Waals surface area contributed by atoms with Crippen LogP contribution < -0.4 is 5.32 Å². The highest BCUT2D eigenvalue weighted by Gasteiger charge is 2.23. The number of aromatic amines is 1. The lowest BCUT2D eigenvalue weighted by Crippen LogP contribution is -2.36. The number of H-pyrrole nitrogens is 1. The van der Waals surface area contributed by atoms with Crippen molar-refractivity contribution in [2.75, 3.05) is 6.54 Å². The van der Waals surface area contributed by atoms with Crippen LogP contribution in [0, 0.1) is 18.8 Å². The third kappa shape index (κ3) is 13.1. The molecular weight excluding hydrogens is 380 g/mol. The predicted octanol–water partition coefficient (Wildman–Crippen LogP) is 4.64. The van der Waals surface area contributed by atoms with Gasteiger partial charge in [-0.3, -0.25) is 14.4 Å². The second kappa shape index (κ2) is 15.7. The number of hydrogen-bond acceptors (Lipinski definition) is 3. The van der Waals surface area contributed by atoms with Crippen molar-refractivity contribution in [2.45, 2.75) is 40.5 Å². The summed E-state index contributed by atoms with van der Waals surface area (Å²) in [5.74, 6) is -2.03. The summed E-state index contributed by atoms with van der Waals surface area (Å²) in [6.45, 7) is 11.0. The summed E-state index contributed by atoms with van der Waals surface area (Å²) in [6.07, 6.45) is 3.64. The van der Waals surface area contributed by atoms with Crippen molar-refractivity contribution in [3.63, 3.8) is 0 Å². The topological polar surface area (TPSA) is 99.3 Å². The number of rotatable bonds is 8. The number of nitrogens with one attached hydrogen (secondary N) is 2. The van der Waals surface area contributed by atoms with Gasteiger partial charge in [0.05, 0.1) is 18.7 Å². The van der Waals surface area contributed by atoms with E-state index < -0.39 is 11.9 Å². The largest absolute Gasteiger partial charge is 0.481 e. The number of carbonyl (C=O) groups is 3. The Morgan fingerprint density at radius 3 is 2.13 bits per heavy atom. The predicted molar refractivity (Wildman–Crippen MR) is 120 cm³/mol. The Bertz CT molecular complexity index is 753. The maximum atomic E-state index is 12.0. The van der Waals surface area contributed by atoms with Gasteiger partial charge in [0.1, 0.15) is 0 Å². The molecule has 1 aromatic heterocycles. The molecule has 0 fully saturated rings. The fourth-order valence-corrected chi connectivity index (χ4v) is 2.51. The quantitative estimate of drug-likeness (QED) is 0.433. The standard InChI is InChI=1S/C14H20N2O4.C7H8.C3H6/c1-9(2)6-10(7-13(18)19)14(20)16-8-12(17)11-4-3-5-15-11;1-7-5-3-2-4-6-7;1-3-2/h3-5,9-10,15H,6-8H2,1-2H3,(H,16,20)(H,18,19);2-6H,1H3;3H,1H2,2H3/t10-;;/m1../s1. The molecule has 0 unspecified atom stereocenters. The molecule has 30 heavy (non-hydrogen) atoms. The van der Waals surface area contributed by atoms with Crippen LogP contribution in [-0.2, 0) is 9.59 Å². The van der Waals surface area contributed by atoms with Crippen LogP contribution in [0.1, 0.15) is 49.7 Å². The number of carboxylic acids is 1. The number of carboxylic acid groups (broad SMARTS) is 1. The van der Waals surface area contributed by atoms with Crippen molar-refractivity contribution in [1.29, 1.82) is 0 Å². The molecule has 0 aliphatic rings. The van der Waals surface area contributed by atoms with Crippen LogP contribution in [0.15, 0.2) is 61.3 Å². The Morgan fingerprint density at radius 1 is 1.13 bits per heavy atom. The van der Waals surface area contributed by atoms with Crippen LogP contribution in [0.5, 0.6) is 0 Å².